The summed E-state index contributed by atoms with van der Waals surface area (Å²) in [6.07, 6.45) is 3.29. The lowest BCUT2D eigenvalue weighted by Crippen LogP contribution is -2.36. The van der Waals surface area contributed by atoms with Crippen LogP contribution in [0.1, 0.15) is 5.56 Å². The minimum atomic E-state index is -3.33. The van der Waals surface area contributed by atoms with E-state index in [4.69, 9.17) is 0 Å². The van der Waals surface area contributed by atoms with Gasteiger partial charge < -0.3 is 0 Å². The number of nitrogens with zero attached hydrogens (tertiary/aromatic N) is 3. The Balaban J connectivity index is 2.77. The molecule has 0 unspecified atom stereocenters. The summed E-state index contributed by atoms with van der Waals surface area (Å²) in [6.45, 7) is 0.350. The zero-order valence-corrected chi connectivity index (χ0v) is 9.90. The van der Waals surface area contributed by atoms with E-state index in [1.54, 1.807) is 31.6 Å². The van der Waals surface area contributed by atoms with Crippen LogP contribution in [0.2, 0.25) is 0 Å². The first-order valence-electron chi connectivity index (χ1n) is 4.47. The van der Waals surface area contributed by atoms with Crippen molar-refractivity contribution in [3.05, 3.63) is 30.1 Å². The van der Waals surface area contributed by atoms with Gasteiger partial charge in [0.15, 0.2) is 0 Å². The van der Waals surface area contributed by atoms with Crippen LogP contribution in [0.5, 0.6) is 0 Å². The molecule has 0 saturated carbocycles. The molecule has 0 radical (unpaired) electrons. The molecule has 0 spiro atoms. The monoisotopic (exact) mass is 229 g/mol. The Morgan fingerprint density at radius 2 is 1.73 bits per heavy atom. The first kappa shape index (κ1) is 12.1. The van der Waals surface area contributed by atoms with Gasteiger partial charge in [-0.05, 0) is 17.7 Å². The Morgan fingerprint density at radius 3 is 2.20 bits per heavy atom. The zero-order chi connectivity index (χ0) is 11.5. The first-order valence-corrected chi connectivity index (χ1v) is 5.87. The summed E-state index contributed by atoms with van der Waals surface area (Å²) in [7, 11) is 1.25. The van der Waals surface area contributed by atoms with Gasteiger partial charge >= 0.3 is 0 Å². The third-order valence-electron chi connectivity index (χ3n) is 2.01. The molecule has 0 atom stereocenters. The summed E-state index contributed by atoms with van der Waals surface area (Å²) in [4.78, 5) is 3.87. The Kier molecular flexibility index (Phi) is 3.78. The molecule has 5 nitrogen and oxygen atoms in total. The Bertz CT molecular complexity index is 403. The molecule has 15 heavy (non-hydrogen) atoms. The molecule has 0 aliphatic heterocycles. The van der Waals surface area contributed by atoms with Crippen LogP contribution in [0.25, 0.3) is 0 Å². The van der Waals surface area contributed by atoms with Gasteiger partial charge in [-0.1, -0.05) is 0 Å². The van der Waals surface area contributed by atoms with Crippen LogP contribution in [0.4, 0.5) is 0 Å². The lowest BCUT2D eigenvalue weighted by Gasteiger charge is -2.21. The van der Waals surface area contributed by atoms with Gasteiger partial charge in [0.1, 0.15) is 0 Å². The maximum absolute atomic E-state index is 11.7. The highest BCUT2D eigenvalue weighted by atomic mass is 32.2. The minimum absolute atomic E-state index is 0.350. The van der Waals surface area contributed by atoms with Crippen LogP contribution in [0, 0.1) is 0 Å². The van der Waals surface area contributed by atoms with Crippen LogP contribution < -0.4 is 0 Å². The highest BCUT2D eigenvalue weighted by Gasteiger charge is 2.19. The zero-order valence-electron chi connectivity index (χ0n) is 9.08. The van der Waals surface area contributed by atoms with E-state index in [2.05, 4.69) is 4.98 Å². The van der Waals surface area contributed by atoms with Crippen molar-refractivity contribution in [2.24, 2.45) is 0 Å². The van der Waals surface area contributed by atoms with Gasteiger partial charge in [-0.2, -0.15) is 17.0 Å². The quantitative estimate of drug-likeness (QED) is 0.747. The van der Waals surface area contributed by atoms with E-state index in [-0.39, 0.29) is 0 Å². The number of hydrogen-bond donors (Lipinski definition) is 0. The molecule has 0 bridgehead atoms. The average Bonchev–Trinajstić information content (AvgIpc) is 2.18. The Morgan fingerprint density at radius 1 is 1.20 bits per heavy atom. The summed E-state index contributed by atoms with van der Waals surface area (Å²) >= 11 is 0. The number of pyridine rings is 1. The average molecular weight is 229 g/mol. The second-order valence-electron chi connectivity index (χ2n) is 3.40. The van der Waals surface area contributed by atoms with Crippen molar-refractivity contribution in [3.63, 3.8) is 0 Å². The third kappa shape index (κ3) is 2.98. The van der Waals surface area contributed by atoms with Crippen molar-refractivity contribution >= 4 is 10.2 Å². The topological polar surface area (TPSA) is 53.5 Å². The van der Waals surface area contributed by atoms with Crippen LogP contribution in [-0.2, 0) is 16.8 Å². The summed E-state index contributed by atoms with van der Waals surface area (Å²) < 4.78 is 25.8. The van der Waals surface area contributed by atoms with E-state index in [9.17, 15) is 8.42 Å². The second kappa shape index (κ2) is 4.69. The van der Waals surface area contributed by atoms with Crippen LogP contribution in [0.15, 0.2) is 24.5 Å². The minimum Gasteiger partial charge on any atom is -0.265 e. The summed E-state index contributed by atoms with van der Waals surface area (Å²) in [5, 5.41) is 0. The van der Waals surface area contributed by atoms with Crippen molar-refractivity contribution in [3.8, 4) is 0 Å². The number of hydrogen-bond acceptors (Lipinski definition) is 3. The van der Waals surface area contributed by atoms with Gasteiger partial charge in [-0.25, -0.2) is 0 Å². The molecule has 1 aromatic heterocycles. The van der Waals surface area contributed by atoms with Crippen molar-refractivity contribution in [2.45, 2.75) is 6.54 Å². The fraction of sp³-hybridized carbons (Fsp3) is 0.444. The Labute approximate surface area is 90.5 Å². The van der Waals surface area contributed by atoms with E-state index in [0.29, 0.717) is 6.54 Å². The molecule has 0 saturated heterocycles. The predicted molar refractivity (Wildman–Crippen MR) is 58.3 cm³/mol. The number of aromatic nitrogens is 1. The van der Waals surface area contributed by atoms with Gasteiger partial charge in [0.25, 0.3) is 10.2 Å². The summed E-state index contributed by atoms with van der Waals surface area (Å²) in [5.41, 5.74) is 0.915. The lowest BCUT2D eigenvalue weighted by atomic mass is 10.3. The summed E-state index contributed by atoms with van der Waals surface area (Å²) in [5.74, 6) is 0. The van der Waals surface area contributed by atoms with Gasteiger partial charge in [-0.3, -0.25) is 4.98 Å². The molecule has 1 aromatic rings. The van der Waals surface area contributed by atoms with Gasteiger partial charge in [-0.15, -0.1) is 0 Å². The van der Waals surface area contributed by atoms with Crippen LogP contribution >= 0.6 is 0 Å². The molecule has 0 N–H and O–H groups in total. The van der Waals surface area contributed by atoms with E-state index < -0.39 is 10.2 Å². The van der Waals surface area contributed by atoms with E-state index >= 15 is 0 Å². The fourth-order valence-corrected chi connectivity index (χ4v) is 1.98. The van der Waals surface area contributed by atoms with Crippen molar-refractivity contribution in [1.82, 2.24) is 13.6 Å². The third-order valence-corrected chi connectivity index (χ3v) is 3.85. The SMILES string of the molecule is CN(C)S(=O)(=O)N(C)Cc1ccncc1. The van der Waals surface area contributed by atoms with Gasteiger partial charge in [0.2, 0.25) is 0 Å². The molecule has 0 aliphatic rings. The second-order valence-corrected chi connectivity index (χ2v) is 5.65. The maximum atomic E-state index is 11.7. The predicted octanol–water partition coefficient (Wildman–Crippen LogP) is 0.320. The molecule has 1 heterocycles. The molecular weight excluding hydrogens is 214 g/mol. The van der Waals surface area contributed by atoms with Crippen LogP contribution in [0.3, 0.4) is 0 Å². The highest BCUT2D eigenvalue weighted by Crippen LogP contribution is 2.07. The molecule has 0 amide bonds. The van der Waals surface area contributed by atoms with Gasteiger partial charge in [0, 0.05) is 40.1 Å². The van der Waals surface area contributed by atoms with Crippen molar-refractivity contribution < 1.29 is 8.42 Å². The normalized spacial score (nSPS) is 12.3. The summed E-state index contributed by atoms with van der Waals surface area (Å²) in [6, 6.07) is 3.59. The van der Waals surface area contributed by atoms with E-state index in [1.165, 1.54) is 22.7 Å². The maximum Gasteiger partial charge on any atom is 0.281 e. The number of rotatable bonds is 4. The van der Waals surface area contributed by atoms with E-state index in [0.717, 1.165) is 5.56 Å². The van der Waals surface area contributed by atoms with E-state index in [1.807, 2.05) is 0 Å². The molecule has 6 heteroatoms. The van der Waals surface area contributed by atoms with Gasteiger partial charge in [0.05, 0.1) is 0 Å². The molecule has 0 fully saturated rings. The molecule has 0 aliphatic carbocycles. The molecular formula is C9H15N3O2S. The molecule has 1 rings (SSSR count). The van der Waals surface area contributed by atoms with Crippen molar-refractivity contribution in [1.29, 1.82) is 0 Å². The highest BCUT2D eigenvalue weighted by molar-refractivity contribution is 7.86. The first-order chi connectivity index (χ1) is 6.94. The van der Waals surface area contributed by atoms with Crippen LogP contribution in [-0.4, -0.2) is 43.2 Å². The fourth-order valence-electron chi connectivity index (χ4n) is 1.11. The van der Waals surface area contributed by atoms with Crippen molar-refractivity contribution in [2.75, 3.05) is 21.1 Å². The Hall–Kier alpha value is -0.980. The lowest BCUT2D eigenvalue weighted by molar-refractivity contribution is 0.414. The molecule has 0 aromatic carbocycles. The molecule has 84 valence electrons. The smallest absolute Gasteiger partial charge is 0.265 e. The standard InChI is InChI=1S/C9H15N3O2S/c1-11(2)15(13,14)12(3)8-9-4-6-10-7-5-9/h4-7H,8H2,1-3H3. The largest absolute Gasteiger partial charge is 0.281 e.